The maximum atomic E-state index is 14.1. The first-order valence-electron chi connectivity index (χ1n) is 10.0. The third kappa shape index (κ3) is 4.26. The maximum Gasteiger partial charge on any atom is 0.318 e. The number of hydrogen-bond donors (Lipinski definition) is 4. The zero-order valence-electron chi connectivity index (χ0n) is 17.0. The summed E-state index contributed by atoms with van der Waals surface area (Å²) in [5, 5.41) is 17.5. The van der Waals surface area contributed by atoms with Gasteiger partial charge in [0.25, 0.3) is 0 Å². The number of aromatic nitrogens is 3. The largest absolute Gasteiger partial charge is 0.396 e. The molecular weight excluding hydrogens is 399 g/mol. The average molecular weight is 422 g/mol. The SMILES string of the molecule is CNC(=O)Nc1ccc(-c2cnc3c(NCCCCO)nc4ccc(F)cc4n23)cc1. The fraction of sp³-hybridized carbons (Fsp3) is 0.227. The van der Waals surface area contributed by atoms with Gasteiger partial charge in [-0.05, 0) is 37.1 Å². The third-order valence-electron chi connectivity index (χ3n) is 4.93. The van der Waals surface area contributed by atoms with E-state index in [1.165, 1.54) is 12.1 Å². The van der Waals surface area contributed by atoms with Gasteiger partial charge >= 0.3 is 6.03 Å². The van der Waals surface area contributed by atoms with Crippen molar-refractivity contribution in [3.05, 3.63) is 54.5 Å². The molecule has 0 saturated heterocycles. The summed E-state index contributed by atoms with van der Waals surface area (Å²) in [6.07, 6.45) is 3.21. The molecule has 0 saturated carbocycles. The highest BCUT2D eigenvalue weighted by atomic mass is 19.1. The summed E-state index contributed by atoms with van der Waals surface area (Å²) in [5.41, 5.74) is 4.12. The second kappa shape index (κ2) is 8.97. The van der Waals surface area contributed by atoms with Gasteiger partial charge in [-0.3, -0.25) is 4.40 Å². The van der Waals surface area contributed by atoms with E-state index in [9.17, 15) is 9.18 Å². The average Bonchev–Trinajstić information content (AvgIpc) is 3.23. The molecule has 2 aromatic carbocycles. The van der Waals surface area contributed by atoms with Crippen LogP contribution < -0.4 is 16.0 Å². The molecule has 0 aliphatic carbocycles. The van der Waals surface area contributed by atoms with Gasteiger partial charge in [0, 0.05) is 37.5 Å². The minimum absolute atomic E-state index is 0.139. The molecule has 0 aliphatic heterocycles. The number of aliphatic hydroxyl groups is 1. The smallest absolute Gasteiger partial charge is 0.318 e. The Bertz CT molecular complexity index is 1220. The molecule has 0 unspecified atom stereocenters. The number of carbonyl (C=O) groups excluding carboxylic acids is 1. The number of fused-ring (bicyclic) bond motifs is 3. The lowest BCUT2D eigenvalue weighted by atomic mass is 10.1. The van der Waals surface area contributed by atoms with Crippen LogP contribution >= 0.6 is 0 Å². The van der Waals surface area contributed by atoms with E-state index in [0.717, 1.165) is 17.7 Å². The number of amides is 2. The lowest BCUT2D eigenvalue weighted by Gasteiger charge is -2.12. The molecule has 0 bridgehead atoms. The molecule has 4 N–H and O–H groups in total. The van der Waals surface area contributed by atoms with Gasteiger partial charge < -0.3 is 21.1 Å². The molecule has 9 heteroatoms. The van der Waals surface area contributed by atoms with Gasteiger partial charge in [0.15, 0.2) is 11.5 Å². The molecule has 31 heavy (non-hydrogen) atoms. The first-order chi connectivity index (χ1) is 15.1. The molecule has 2 amide bonds. The summed E-state index contributed by atoms with van der Waals surface area (Å²) in [6.45, 7) is 0.776. The van der Waals surface area contributed by atoms with E-state index in [1.54, 1.807) is 31.4 Å². The van der Waals surface area contributed by atoms with Crippen molar-refractivity contribution in [1.29, 1.82) is 0 Å². The number of rotatable bonds is 7. The van der Waals surface area contributed by atoms with Gasteiger partial charge in [-0.25, -0.2) is 19.2 Å². The number of benzene rings is 2. The second-order valence-electron chi connectivity index (χ2n) is 7.03. The number of anilines is 2. The van der Waals surface area contributed by atoms with Crippen molar-refractivity contribution in [1.82, 2.24) is 19.7 Å². The number of carbonyl (C=O) groups is 1. The molecule has 8 nitrogen and oxygen atoms in total. The highest BCUT2D eigenvalue weighted by molar-refractivity contribution is 5.90. The van der Waals surface area contributed by atoms with Crippen LogP contribution in [0.25, 0.3) is 27.9 Å². The summed E-state index contributed by atoms with van der Waals surface area (Å²) in [5.74, 6) is 0.241. The molecular formula is C22H23FN6O2. The van der Waals surface area contributed by atoms with E-state index in [1.807, 2.05) is 16.5 Å². The fourth-order valence-corrected chi connectivity index (χ4v) is 3.39. The Morgan fingerprint density at radius 3 is 2.71 bits per heavy atom. The number of imidazole rings is 1. The van der Waals surface area contributed by atoms with Gasteiger partial charge in [0.1, 0.15) is 5.82 Å². The first-order valence-corrected chi connectivity index (χ1v) is 10.0. The second-order valence-corrected chi connectivity index (χ2v) is 7.03. The summed E-state index contributed by atoms with van der Waals surface area (Å²) in [7, 11) is 1.55. The van der Waals surface area contributed by atoms with Crippen molar-refractivity contribution in [2.75, 3.05) is 30.8 Å². The third-order valence-corrected chi connectivity index (χ3v) is 4.93. The van der Waals surface area contributed by atoms with E-state index >= 15 is 0 Å². The highest BCUT2D eigenvalue weighted by Gasteiger charge is 2.15. The Morgan fingerprint density at radius 1 is 1.16 bits per heavy atom. The van der Waals surface area contributed by atoms with Crippen molar-refractivity contribution >= 4 is 34.2 Å². The summed E-state index contributed by atoms with van der Waals surface area (Å²) in [6, 6.07) is 11.5. The molecule has 2 heterocycles. The van der Waals surface area contributed by atoms with Crippen molar-refractivity contribution in [2.24, 2.45) is 0 Å². The molecule has 0 radical (unpaired) electrons. The Morgan fingerprint density at radius 2 is 1.97 bits per heavy atom. The van der Waals surface area contributed by atoms with Crippen molar-refractivity contribution in [3.63, 3.8) is 0 Å². The molecule has 160 valence electrons. The Kier molecular flexibility index (Phi) is 5.94. The standard InChI is InChI=1S/C22H23FN6O2/c1-24-22(31)27-16-7-4-14(5-8-16)19-13-26-21-20(25-10-2-3-11-30)28-17-9-6-15(23)12-18(17)29(19)21/h4-9,12-13,30H,2-3,10-11H2,1H3,(H,25,28)(H2,24,27,31). The Hall–Kier alpha value is -3.72. The van der Waals surface area contributed by atoms with E-state index < -0.39 is 0 Å². The van der Waals surface area contributed by atoms with Crippen LogP contribution in [0.2, 0.25) is 0 Å². The van der Waals surface area contributed by atoms with Crippen LogP contribution in [0.15, 0.2) is 48.7 Å². The molecule has 4 rings (SSSR count). The lowest BCUT2D eigenvalue weighted by molar-refractivity contribution is 0.254. The molecule has 0 aliphatic rings. The predicted molar refractivity (Wildman–Crippen MR) is 119 cm³/mol. The van der Waals surface area contributed by atoms with Crippen LogP contribution in [0, 0.1) is 5.82 Å². The molecule has 0 atom stereocenters. The number of aliphatic hydroxyl groups excluding tert-OH is 1. The Balaban J connectivity index is 1.79. The van der Waals surface area contributed by atoms with Gasteiger partial charge in [-0.1, -0.05) is 12.1 Å². The topological polar surface area (TPSA) is 104 Å². The van der Waals surface area contributed by atoms with E-state index in [-0.39, 0.29) is 18.5 Å². The van der Waals surface area contributed by atoms with Crippen molar-refractivity contribution < 1.29 is 14.3 Å². The quantitative estimate of drug-likeness (QED) is 0.341. The number of unbranched alkanes of at least 4 members (excludes halogenated alkanes) is 1. The van der Waals surface area contributed by atoms with Crippen molar-refractivity contribution in [2.45, 2.75) is 12.8 Å². The first kappa shape index (κ1) is 20.5. The fourth-order valence-electron chi connectivity index (χ4n) is 3.39. The minimum atomic E-state index is -0.357. The summed E-state index contributed by atoms with van der Waals surface area (Å²) < 4.78 is 15.9. The Labute approximate surface area is 178 Å². The van der Waals surface area contributed by atoms with Gasteiger partial charge in [-0.2, -0.15) is 0 Å². The molecule has 4 aromatic rings. The van der Waals surface area contributed by atoms with Gasteiger partial charge in [0.05, 0.1) is 22.9 Å². The number of nitrogens with one attached hydrogen (secondary N) is 3. The summed E-state index contributed by atoms with van der Waals surface area (Å²) >= 11 is 0. The van der Waals surface area contributed by atoms with Crippen LogP contribution in [-0.4, -0.2) is 45.7 Å². The lowest BCUT2D eigenvalue weighted by Crippen LogP contribution is -2.24. The normalized spacial score (nSPS) is 11.1. The molecule has 0 spiro atoms. The number of urea groups is 1. The monoisotopic (exact) mass is 422 g/mol. The number of nitrogens with zero attached hydrogens (tertiary/aromatic N) is 3. The van der Waals surface area contributed by atoms with Crippen LogP contribution in [0.5, 0.6) is 0 Å². The predicted octanol–water partition coefficient (Wildman–Crippen LogP) is 3.62. The van der Waals surface area contributed by atoms with E-state index in [2.05, 4.69) is 25.9 Å². The number of hydrogen-bond acceptors (Lipinski definition) is 5. The van der Waals surface area contributed by atoms with Crippen LogP contribution in [0.1, 0.15) is 12.8 Å². The molecule has 0 fully saturated rings. The maximum absolute atomic E-state index is 14.1. The van der Waals surface area contributed by atoms with Crippen LogP contribution in [-0.2, 0) is 0 Å². The number of halogens is 1. The minimum Gasteiger partial charge on any atom is -0.396 e. The van der Waals surface area contributed by atoms with Gasteiger partial charge in [-0.15, -0.1) is 0 Å². The van der Waals surface area contributed by atoms with E-state index in [4.69, 9.17) is 5.11 Å². The summed E-state index contributed by atoms with van der Waals surface area (Å²) in [4.78, 5) is 20.7. The van der Waals surface area contributed by atoms with Crippen LogP contribution in [0.4, 0.5) is 20.7 Å². The van der Waals surface area contributed by atoms with Crippen molar-refractivity contribution in [3.8, 4) is 11.3 Å². The zero-order valence-corrected chi connectivity index (χ0v) is 17.0. The van der Waals surface area contributed by atoms with E-state index in [0.29, 0.717) is 41.2 Å². The zero-order chi connectivity index (χ0) is 21.8. The van der Waals surface area contributed by atoms with Gasteiger partial charge in [0.2, 0.25) is 0 Å². The molecule has 2 aromatic heterocycles. The highest BCUT2D eigenvalue weighted by Crippen LogP contribution is 2.29. The van der Waals surface area contributed by atoms with Crippen LogP contribution in [0.3, 0.4) is 0 Å².